The van der Waals surface area contributed by atoms with Crippen LogP contribution in [0.25, 0.3) is 0 Å². The molecule has 1 saturated heterocycles. The third kappa shape index (κ3) is 8.78. The standard InChI is InChI=1S/C26H37BN4O8/c1-16(2)12-22(27-38-23(20(34)8-11-32)24(39-27)21(35)15-33)31-25(36)18(13-17-6-4-3-5-7-17)30-26(37)19-14-28-9-10-29-19/h3-7,9-10,14,16,18,20-24,32-35H,8,11-13,15H2,1-2H3,(H,30,37)(H,31,36)/t18-,20+,21+,22-,23+,24?/m0/s1. The lowest BCUT2D eigenvalue weighted by Gasteiger charge is -2.26. The van der Waals surface area contributed by atoms with Crippen molar-refractivity contribution in [1.29, 1.82) is 0 Å². The lowest BCUT2D eigenvalue weighted by molar-refractivity contribution is -0.123. The molecule has 0 saturated carbocycles. The van der Waals surface area contributed by atoms with Crippen molar-refractivity contribution in [2.45, 2.75) is 69.5 Å². The van der Waals surface area contributed by atoms with Crippen molar-refractivity contribution in [2.75, 3.05) is 13.2 Å². The Morgan fingerprint density at radius 2 is 1.72 bits per heavy atom. The SMILES string of the molecule is CC(C)C[C@H](NC(=O)[C@H](Cc1ccccc1)NC(=O)c1cnccn1)B1OC([C@H](O)CO)[C@@H]([C@H](O)CCO)O1. The highest BCUT2D eigenvalue weighted by atomic mass is 16.7. The number of hydrogen-bond acceptors (Lipinski definition) is 10. The molecule has 1 aliphatic heterocycles. The topological polar surface area (TPSA) is 183 Å². The first-order valence-corrected chi connectivity index (χ1v) is 13.0. The highest BCUT2D eigenvalue weighted by molar-refractivity contribution is 6.47. The van der Waals surface area contributed by atoms with E-state index >= 15 is 0 Å². The Morgan fingerprint density at radius 1 is 1.03 bits per heavy atom. The minimum atomic E-state index is -1.35. The lowest BCUT2D eigenvalue weighted by atomic mass is 9.74. The van der Waals surface area contributed by atoms with Gasteiger partial charge in [-0.2, -0.15) is 0 Å². The van der Waals surface area contributed by atoms with Gasteiger partial charge >= 0.3 is 7.12 Å². The monoisotopic (exact) mass is 544 g/mol. The van der Waals surface area contributed by atoms with Gasteiger partial charge in [0.15, 0.2) is 0 Å². The number of aromatic nitrogens is 2. The quantitative estimate of drug-likeness (QED) is 0.166. The van der Waals surface area contributed by atoms with Crippen LogP contribution in [0.1, 0.15) is 42.7 Å². The van der Waals surface area contributed by atoms with Crippen LogP contribution in [0.5, 0.6) is 0 Å². The van der Waals surface area contributed by atoms with Crippen molar-refractivity contribution in [3.8, 4) is 0 Å². The number of carbonyl (C=O) groups is 2. The third-order valence-electron chi connectivity index (χ3n) is 6.36. The van der Waals surface area contributed by atoms with Crippen LogP contribution >= 0.6 is 0 Å². The first-order chi connectivity index (χ1) is 18.7. The maximum absolute atomic E-state index is 13.6. The van der Waals surface area contributed by atoms with Crippen LogP contribution in [0.4, 0.5) is 0 Å². The summed E-state index contributed by atoms with van der Waals surface area (Å²) in [5, 5.41) is 45.2. The minimum Gasteiger partial charge on any atom is -0.402 e. The maximum atomic E-state index is 13.6. The Bertz CT molecular complexity index is 1040. The zero-order chi connectivity index (χ0) is 28.4. The van der Waals surface area contributed by atoms with Gasteiger partial charge in [-0.25, -0.2) is 4.98 Å². The number of nitrogens with one attached hydrogen (secondary N) is 2. The van der Waals surface area contributed by atoms with Gasteiger partial charge in [0.2, 0.25) is 5.91 Å². The van der Waals surface area contributed by atoms with Crippen LogP contribution in [-0.2, 0) is 20.5 Å². The molecule has 6 N–H and O–H groups in total. The van der Waals surface area contributed by atoms with Crippen LogP contribution in [-0.4, -0.2) is 98.9 Å². The normalized spacial score (nSPS) is 20.3. The molecule has 1 unspecified atom stereocenters. The molecule has 1 aliphatic rings. The predicted molar refractivity (Wildman–Crippen MR) is 141 cm³/mol. The van der Waals surface area contributed by atoms with E-state index in [9.17, 15) is 30.0 Å². The van der Waals surface area contributed by atoms with Crippen LogP contribution in [0.2, 0.25) is 0 Å². The van der Waals surface area contributed by atoms with Crippen LogP contribution in [0.15, 0.2) is 48.9 Å². The molecule has 12 nitrogen and oxygen atoms in total. The van der Waals surface area contributed by atoms with Crippen molar-refractivity contribution >= 4 is 18.9 Å². The Morgan fingerprint density at radius 3 is 2.31 bits per heavy atom. The van der Waals surface area contributed by atoms with Gasteiger partial charge < -0.3 is 40.4 Å². The third-order valence-corrected chi connectivity index (χ3v) is 6.36. The van der Waals surface area contributed by atoms with E-state index in [0.29, 0.717) is 6.42 Å². The van der Waals surface area contributed by atoms with Gasteiger partial charge in [-0.15, -0.1) is 0 Å². The molecule has 3 rings (SSSR count). The van der Waals surface area contributed by atoms with Gasteiger partial charge in [-0.1, -0.05) is 44.2 Å². The fourth-order valence-corrected chi connectivity index (χ4v) is 4.44. The molecule has 2 amide bonds. The second kappa shape index (κ2) is 15.0. The number of amides is 2. The Hall–Kier alpha value is -2.94. The summed E-state index contributed by atoms with van der Waals surface area (Å²) >= 11 is 0. The molecule has 0 aliphatic carbocycles. The van der Waals surface area contributed by atoms with Gasteiger partial charge in [-0.05, 0) is 24.3 Å². The summed E-state index contributed by atoms with van der Waals surface area (Å²) in [6.45, 7) is 2.96. The summed E-state index contributed by atoms with van der Waals surface area (Å²) < 4.78 is 11.9. The summed E-state index contributed by atoms with van der Waals surface area (Å²) in [6.07, 6.45) is 0.0860. The number of hydrogen-bond donors (Lipinski definition) is 6. The van der Waals surface area contributed by atoms with Crippen molar-refractivity contribution < 1.29 is 39.3 Å². The summed E-state index contributed by atoms with van der Waals surface area (Å²) in [5.74, 6) is -1.69. The van der Waals surface area contributed by atoms with E-state index in [4.69, 9.17) is 9.31 Å². The number of benzene rings is 1. The molecule has 2 heterocycles. The molecule has 6 atom stereocenters. The summed E-state index contributed by atoms with van der Waals surface area (Å²) in [5.41, 5.74) is 0.885. The molecular weight excluding hydrogens is 507 g/mol. The minimum absolute atomic E-state index is 0.0236. The second-order valence-electron chi connectivity index (χ2n) is 9.95. The first kappa shape index (κ1) is 30.6. The van der Waals surface area contributed by atoms with E-state index in [0.717, 1.165) is 5.56 Å². The molecule has 0 spiro atoms. The van der Waals surface area contributed by atoms with Gasteiger partial charge in [-0.3, -0.25) is 14.6 Å². The zero-order valence-corrected chi connectivity index (χ0v) is 22.1. The molecule has 13 heteroatoms. The van der Waals surface area contributed by atoms with Crippen molar-refractivity contribution in [2.24, 2.45) is 5.92 Å². The van der Waals surface area contributed by atoms with Crippen LogP contribution < -0.4 is 10.6 Å². The number of aliphatic hydroxyl groups excluding tert-OH is 4. The molecule has 0 bridgehead atoms. The summed E-state index contributed by atoms with van der Waals surface area (Å²) in [4.78, 5) is 34.4. The van der Waals surface area contributed by atoms with Crippen molar-refractivity contribution in [3.63, 3.8) is 0 Å². The Kier molecular flexibility index (Phi) is 11.8. The van der Waals surface area contributed by atoms with Crippen molar-refractivity contribution in [3.05, 3.63) is 60.2 Å². The number of rotatable bonds is 14. The molecule has 39 heavy (non-hydrogen) atoms. The Balaban J connectivity index is 1.82. The molecule has 2 aromatic rings. The highest BCUT2D eigenvalue weighted by Gasteiger charge is 2.50. The average molecular weight is 544 g/mol. The van der Waals surface area contributed by atoms with E-state index in [-0.39, 0.29) is 31.1 Å². The van der Waals surface area contributed by atoms with Gasteiger partial charge in [0, 0.05) is 25.4 Å². The van der Waals surface area contributed by atoms with E-state index in [2.05, 4.69) is 20.6 Å². The van der Waals surface area contributed by atoms with Gasteiger partial charge in [0.1, 0.15) is 17.8 Å². The first-order valence-electron chi connectivity index (χ1n) is 13.0. The Labute approximate surface area is 227 Å². The molecule has 212 valence electrons. The average Bonchev–Trinajstić information content (AvgIpc) is 3.38. The number of aliphatic hydroxyl groups is 4. The van der Waals surface area contributed by atoms with Crippen LogP contribution in [0.3, 0.4) is 0 Å². The number of carbonyl (C=O) groups excluding carboxylic acids is 2. The summed E-state index contributed by atoms with van der Waals surface area (Å²) in [7, 11) is -1.06. The van der Waals surface area contributed by atoms with E-state index in [1.165, 1.54) is 18.6 Å². The second-order valence-corrected chi connectivity index (χ2v) is 9.95. The lowest BCUT2D eigenvalue weighted by Crippen LogP contribution is -2.55. The largest absolute Gasteiger partial charge is 0.481 e. The molecule has 1 aromatic heterocycles. The molecular formula is C26H37BN4O8. The predicted octanol–water partition coefficient (Wildman–Crippen LogP) is -0.743. The van der Waals surface area contributed by atoms with E-state index < -0.39 is 61.9 Å². The van der Waals surface area contributed by atoms with E-state index in [1.54, 1.807) is 0 Å². The smallest absolute Gasteiger partial charge is 0.402 e. The summed E-state index contributed by atoms with van der Waals surface area (Å²) in [6, 6.07) is 8.23. The van der Waals surface area contributed by atoms with Gasteiger partial charge in [0.05, 0.1) is 37.1 Å². The van der Waals surface area contributed by atoms with E-state index in [1.807, 2.05) is 44.2 Å². The fraction of sp³-hybridized carbons (Fsp3) is 0.538. The fourth-order valence-electron chi connectivity index (χ4n) is 4.44. The molecule has 1 aromatic carbocycles. The maximum Gasteiger partial charge on any atom is 0.481 e. The highest BCUT2D eigenvalue weighted by Crippen LogP contribution is 2.27. The molecule has 0 radical (unpaired) electrons. The molecule has 1 fully saturated rings. The number of nitrogens with zero attached hydrogens (tertiary/aromatic N) is 2. The zero-order valence-electron chi connectivity index (χ0n) is 22.1. The van der Waals surface area contributed by atoms with Crippen molar-refractivity contribution in [1.82, 2.24) is 20.6 Å². The van der Waals surface area contributed by atoms with Gasteiger partial charge in [0.25, 0.3) is 5.91 Å². The van der Waals surface area contributed by atoms with Crippen LogP contribution in [0, 0.1) is 5.92 Å².